The lowest BCUT2D eigenvalue weighted by Crippen LogP contribution is -2.32. The number of carboxylic acid groups (broad SMARTS) is 1. The second-order valence-electron chi connectivity index (χ2n) is 6.43. The molecule has 0 aliphatic carbocycles. The van der Waals surface area contributed by atoms with E-state index in [-0.39, 0.29) is 5.56 Å². The maximum absolute atomic E-state index is 11.6. The van der Waals surface area contributed by atoms with E-state index in [9.17, 15) is 9.59 Å². The minimum Gasteiger partial charge on any atom is -0.478 e. The molecule has 0 bridgehead atoms. The standard InChI is InChI=1S/C19H21NO5/c1-19(2,3)25-18(23)20-12-13-4-8-15(9-5-13)24-16-10-6-14(7-11-16)17(21)22/h4-11H,12H2,1-3H3,(H,20,23)(H,21,22). The number of carboxylic acids is 1. The molecule has 0 radical (unpaired) electrons. The number of hydrogen-bond acceptors (Lipinski definition) is 4. The van der Waals surface area contributed by atoms with E-state index in [1.807, 2.05) is 32.9 Å². The normalized spacial score (nSPS) is 10.8. The maximum atomic E-state index is 11.6. The van der Waals surface area contributed by atoms with Crippen molar-refractivity contribution in [2.75, 3.05) is 0 Å². The summed E-state index contributed by atoms with van der Waals surface area (Å²) in [6.45, 7) is 5.77. The fourth-order valence-corrected chi connectivity index (χ4v) is 1.97. The zero-order valence-corrected chi connectivity index (χ0v) is 14.4. The number of carbonyl (C=O) groups excluding carboxylic acids is 1. The Morgan fingerprint density at radius 3 is 1.96 bits per heavy atom. The van der Waals surface area contributed by atoms with Crippen molar-refractivity contribution in [1.82, 2.24) is 5.32 Å². The van der Waals surface area contributed by atoms with Crippen molar-refractivity contribution in [3.05, 3.63) is 59.7 Å². The van der Waals surface area contributed by atoms with E-state index in [4.69, 9.17) is 14.6 Å². The lowest BCUT2D eigenvalue weighted by molar-refractivity contribution is 0.0523. The molecule has 6 nitrogen and oxygen atoms in total. The first-order valence-electron chi connectivity index (χ1n) is 7.80. The van der Waals surface area contributed by atoms with Crippen LogP contribution in [-0.2, 0) is 11.3 Å². The maximum Gasteiger partial charge on any atom is 0.407 e. The second kappa shape index (κ2) is 7.70. The Kier molecular flexibility index (Phi) is 5.64. The van der Waals surface area contributed by atoms with Gasteiger partial charge in [0.2, 0.25) is 0 Å². The Morgan fingerprint density at radius 2 is 1.48 bits per heavy atom. The van der Waals surface area contributed by atoms with E-state index in [1.165, 1.54) is 12.1 Å². The molecule has 0 spiro atoms. The Bertz CT molecular complexity index is 730. The quantitative estimate of drug-likeness (QED) is 0.850. The molecule has 0 heterocycles. The van der Waals surface area contributed by atoms with Crippen LogP contribution in [0.3, 0.4) is 0 Å². The lowest BCUT2D eigenvalue weighted by Gasteiger charge is -2.19. The Labute approximate surface area is 146 Å². The van der Waals surface area contributed by atoms with Crippen LogP contribution in [0, 0.1) is 0 Å². The van der Waals surface area contributed by atoms with Crippen LogP contribution in [0.25, 0.3) is 0 Å². The summed E-state index contributed by atoms with van der Waals surface area (Å²) < 4.78 is 10.8. The third-order valence-electron chi connectivity index (χ3n) is 3.10. The van der Waals surface area contributed by atoms with E-state index in [2.05, 4.69) is 5.32 Å². The summed E-state index contributed by atoms with van der Waals surface area (Å²) in [4.78, 5) is 22.4. The van der Waals surface area contributed by atoms with Crippen LogP contribution in [0.1, 0.15) is 36.7 Å². The van der Waals surface area contributed by atoms with Gasteiger partial charge in [-0.15, -0.1) is 0 Å². The van der Waals surface area contributed by atoms with E-state index in [0.717, 1.165) is 5.56 Å². The fraction of sp³-hybridized carbons (Fsp3) is 0.263. The summed E-state index contributed by atoms with van der Waals surface area (Å²) in [5, 5.41) is 11.6. The number of alkyl carbamates (subject to hydrolysis) is 1. The van der Waals surface area contributed by atoms with Crippen LogP contribution < -0.4 is 10.1 Å². The summed E-state index contributed by atoms with van der Waals surface area (Å²) in [6, 6.07) is 13.4. The van der Waals surface area contributed by atoms with Crippen LogP contribution in [0.4, 0.5) is 4.79 Å². The van der Waals surface area contributed by atoms with Gasteiger partial charge >= 0.3 is 12.1 Å². The third kappa shape index (κ3) is 6.18. The average Bonchev–Trinajstić information content (AvgIpc) is 2.53. The molecule has 2 aromatic carbocycles. The molecular weight excluding hydrogens is 322 g/mol. The lowest BCUT2D eigenvalue weighted by atomic mass is 10.2. The first-order chi connectivity index (χ1) is 11.7. The van der Waals surface area contributed by atoms with Gasteiger partial charge in [-0.2, -0.15) is 0 Å². The van der Waals surface area contributed by atoms with Gasteiger partial charge < -0.3 is 19.9 Å². The van der Waals surface area contributed by atoms with Gasteiger partial charge in [-0.25, -0.2) is 9.59 Å². The molecule has 0 unspecified atom stereocenters. The first kappa shape index (κ1) is 18.3. The van der Waals surface area contributed by atoms with Gasteiger partial charge in [0.25, 0.3) is 0 Å². The van der Waals surface area contributed by atoms with Gasteiger partial charge in [-0.1, -0.05) is 12.1 Å². The molecule has 25 heavy (non-hydrogen) atoms. The highest BCUT2D eigenvalue weighted by molar-refractivity contribution is 5.87. The molecule has 0 fully saturated rings. The van der Waals surface area contributed by atoms with Crippen molar-refractivity contribution in [2.45, 2.75) is 32.9 Å². The summed E-state index contributed by atoms with van der Waals surface area (Å²) in [5.74, 6) is 0.183. The van der Waals surface area contributed by atoms with E-state index >= 15 is 0 Å². The number of ether oxygens (including phenoxy) is 2. The Hall–Kier alpha value is -3.02. The molecule has 2 N–H and O–H groups in total. The minimum atomic E-state index is -0.978. The largest absolute Gasteiger partial charge is 0.478 e. The molecule has 0 saturated carbocycles. The topological polar surface area (TPSA) is 84.9 Å². The van der Waals surface area contributed by atoms with E-state index in [1.54, 1.807) is 24.3 Å². The summed E-state index contributed by atoms with van der Waals surface area (Å²) in [5.41, 5.74) is 0.577. The Balaban J connectivity index is 1.89. The number of aromatic carboxylic acids is 1. The van der Waals surface area contributed by atoms with E-state index in [0.29, 0.717) is 18.0 Å². The van der Waals surface area contributed by atoms with Gasteiger partial charge in [0.05, 0.1) is 5.56 Å². The smallest absolute Gasteiger partial charge is 0.407 e. The predicted molar refractivity (Wildman–Crippen MR) is 93.0 cm³/mol. The van der Waals surface area contributed by atoms with Crippen LogP contribution in [0.5, 0.6) is 11.5 Å². The van der Waals surface area contributed by atoms with Crippen molar-refractivity contribution < 1.29 is 24.2 Å². The first-order valence-corrected chi connectivity index (χ1v) is 7.80. The van der Waals surface area contributed by atoms with Crippen molar-refractivity contribution >= 4 is 12.1 Å². The summed E-state index contributed by atoms with van der Waals surface area (Å²) in [7, 11) is 0. The number of rotatable bonds is 5. The molecule has 0 aromatic heterocycles. The monoisotopic (exact) mass is 343 g/mol. The van der Waals surface area contributed by atoms with Crippen molar-refractivity contribution in [1.29, 1.82) is 0 Å². The zero-order valence-electron chi connectivity index (χ0n) is 14.4. The molecule has 2 rings (SSSR count). The third-order valence-corrected chi connectivity index (χ3v) is 3.10. The summed E-state index contributed by atoms with van der Waals surface area (Å²) >= 11 is 0. The SMILES string of the molecule is CC(C)(C)OC(=O)NCc1ccc(Oc2ccc(C(=O)O)cc2)cc1. The van der Waals surface area contributed by atoms with Gasteiger partial charge in [0.15, 0.2) is 0 Å². The highest BCUT2D eigenvalue weighted by Gasteiger charge is 2.15. The van der Waals surface area contributed by atoms with Gasteiger partial charge in [0, 0.05) is 6.54 Å². The van der Waals surface area contributed by atoms with Crippen LogP contribution in [-0.4, -0.2) is 22.8 Å². The highest BCUT2D eigenvalue weighted by Crippen LogP contribution is 2.22. The number of nitrogens with one attached hydrogen (secondary N) is 1. The van der Waals surface area contributed by atoms with Crippen molar-refractivity contribution in [3.8, 4) is 11.5 Å². The van der Waals surface area contributed by atoms with Crippen molar-refractivity contribution in [3.63, 3.8) is 0 Å². The molecule has 0 saturated heterocycles. The van der Waals surface area contributed by atoms with Crippen LogP contribution >= 0.6 is 0 Å². The molecule has 0 atom stereocenters. The van der Waals surface area contributed by atoms with Gasteiger partial charge in [0.1, 0.15) is 17.1 Å². The molecule has 0 aliphatic rings. The molecule has 2 aromatic rings. The van der Waals surface area contributed by atoms with Crippen LogP contribution in [0.15, 0.2) is 48.5 Å². The zero-order chi connectivity index (χ0) is 18.4. The number of hydrogen-bond donors (Lipinski definition) is 2. The molecule has 6 heteroatoms. The number of carbonyl (C=O) groups is 2. The van der Waals surface area contributed by atoms with Crippen molar-refractivity contribution in [2.24, 2.45) is 0 Å². The molecule has 1 amide bonds. The summed E-state index contributed by atoms with van der Waals surface area (Å²) in [6.07, 6.45) is -0.466. The second-order valence-corrected chi connectivity index (χ2v) is 6.43. The molecular formula is C19H21NO5. The number of amides is 1. The van der Waals surface area contributed by atoms with Crippen LogP contribution in [0.2, 0.25) is 0 Å². The Morgan fingerprint density at radius 1 is 0.960 bits per heavy atom. The molecule has 0 aliphatic heterocycles. The number of benzene rings is 2. The van der Waals surface area contributed by atoms with Gasteiger partial charge in [-0.05, 0) is 62.7 Å². The fourth-order valence-electron chi connectivity index (χ4n) is 1.97. The van der Waals surface area contributed by atoms with E-state index < -0.39 is 17.7 Å². The highest BCUT2D eigenvalue weighted by atomic mass is 16.6. The van der Waals surface area contributed by atoms with Gasteiger partial charge in [-0.3, -0.25) is 0 Å². The minimum absolute atomic E-state index is 0.205. The molecule has 132 valence electrons. The average molecular weight is 343 g/mol. The predicted octanol–water partition coefficient (Wildman–Crippen LogP) is 4.20.